The molecule has 5 heteroatoms. The lowest BCUT2D eigenvalue weighted by Crippen LogP contribution is -2.40. The lowest BCUT2D eigenvalue weighted by molar-refractivity contribution is 0.199. The van der Waals surface area contributed by atoms with Gasteiger partial charge in [-0.05, 0) is 34.2 Å². The number of halogens is 1. The number of piperidine rings is 1. The smallest absolute Gasteiger partial charge is 0.148 e. The zero-order valence-electron chi connectivity index (χ0n) is 11.1. The summed E-state index contributed by atoms with van der Waals surface area (Å²) in [7, 11) is 0. The summed E-state index contributed by atoms with van der Waals surface area (Å²) < 4.78 is 0.825. The molecule has 1 aromatic rings. The van der Waals surface area contributed by atoms with Gasteiger partial charge in [-0.2, -0.15) is 0 Å². The van der Waals surface area contributed by atoms with E-state index >= 15 is 0 Å². The molecule has 0 atom stereocenters. The monoisotopic (exact) mass is 312 g/mol. The van der Waals surface area contributed by atoms with Crippen molar-refractivity contribution in [3.63, 3.8) is 0 Å². The van der Waals surface area contributed by atoms with Crippen molar-refractivity contribution in [2.24, 2.45) is 5.41 Å². The summed E-state index contributed by atoms with van der Waals surface area (Å²) in [5.74, 6) is 1.45. The molecule has 0 saturated carbocycles. The van der Waals surface area contributed by atoms with Crippen LogP contribution in [0.25, 0.3) is 0 Å². The highest BCUT2D eigenvalue weighted by Crippen LogP contribution is 2.40. The predicted molar refractivity (Wildman–Crippen MR) is 78.6 cm³/mol. The van der Waals surface area contributed by atoms with E-state index in [1.165, 1.54) is 32.0 Å². The van der Waals surface area contributed by atoms with E-state index in [0.29, 0.717) is 11.2 Å². The van der Waals surface area contributed by atoms with Crippen LogP contribution in [0, 0.1) is 5.41 Å². The Morgan fingerprint density at radius 1 is 1.28 bits per heavy atom. The first kappa shape index (κ1) is 13.6. The van der Waals surface area contributed by atoms with Crippen LogP contribution in [-0.2, 0) is 0 Å². The summed E-state index contributed by atoms with van der Waals surface area (Å²) >= 11 is 3.49. The fourth-order valence-electron chi connectivity index (χ4n) is 2.74. The molecule has 2 rings (SSSR count). The van der Waals surface area contributed by atoms with Crippen LogP contribution >= 0.6 is 15.9 Å². The van der Waals surface area contributed by atoms with E-state index in [-0.39, 0.29) is 0 Å². The van der Waals surface area contributed by atoms with E-state index < -0.39 is 0 Å². The molecule has 0 unspecified atom stereocenters. The van der Waals surface area contributed by atoms with Crippen LogP contribution < -0.4 is 10.6 Å². The summed E-state index contributed by atoms with van der Waals surface area (Å²) in [6, 6.07) is 0. The predicted octanol–water partition coefficient (Wildman–Crippen LogP) is 3.23. The second-order valence-electron chi connectivity index (χ2n) is 5.09. The number of rotatable bonds is 3. The van der Waals surface area contributed by atoms with E-state index in [2.05, 4.69) is 44.6 Å². The molecule has 1 fully saturated rings. The van der Waals surface area contributed by atoms with Crippen LogP contribution in [-0.4, -0.2) is 23.1 Å². The Bertz CT molecular complexity index is 407. The fourth-order valence-corrected chi connectivity index (χ4v) is 3.20. The molecule has 1 aromatic heterocycles. The van der Waals surface area contributed by atoms with E-state index in [4.69, 9.17) is 5.73 Å². The average molecular weight is 313 g/mol. The van der Waals surface area contributed by atoms with Crippen molar-refractivity contribution in [1.29, 1.82) is 0 Å². The van der Waals surface area contributed by atoms with E-state index in [1.807, 2.05) is 0 Å². The highest BCUT2D eigenvalue weighted by atomic mass is 79.9. The molecule has 0 radical (unpaired) electrons. The van der Waals surface area contributed by atoms with Gasteiger partial charge in [0.25, 0.3) is 0 Å². The first-order chi connectivity index (χ1) is 8.62. The molecule has 1 aliphatic heterocycles. The molecule has 4 nitrogen and oxygen atoms in total. The van der Waals surface area contributed by atoms with Gasteiger partial charge in [0.1, 0.15) is 22.4 Å². The molecule has 0 spiro atoms. The summed E-state index contributed by atoms with van der Waals surface area (Å²) in [6.07, 6.45) is 6.54. The highest BCUT2D eigenvalue weighted by Gasteiger charge is 2.32. The Kier molecular flexibility index (Phi) is 4.10. The van der Waals surface area contributed by atoms with Gasteiger partial charge in [-0.15, -0.1) is 0 Å². The van der Waals surface area contributed by atoms with Gasteiger partial charge in [0, 0.05) is 13.1 Å². The van der Waals surface area contributed by atoms with Crippen molar-refractivity contribution in [3.8, 4) is 0 Å². The van der Waals surface area contributed by atoms with E-state index in [9.17, 15) is 0 Å². The quantitative estimate of drug-likeness (QED) is 0.931. The van der Waals surface area contributed by atoms with Gasteiger partial charge in [-0.3, -0.25) is 0 Å². The first-order valence-electron chi connectivity index (χ1n) is 6.63. The van der Waals surface area contributed by atoms with Crippen molar-refractivity contribution in [2.75, 3.05) is 23.7 Å². The van der Waals surface area contributed by atoms with Crippen LogP contribution in [0.3, 0.4) is 0 Å². The van der Waals surface area contributed by atoms with Gasteiger partial charge in [0.2, 0.25) is 0 Å². The summed E-state index contributed by atoms with van der Waals surface area (Å²) in [4.78, 5) is 10.6. The van der Waals surface area contributed by atoms with E-state index in [0.717, 1.165) is 23.4 Å². The Hall–Kier alpha value is -0.840. The molecular formula is C13H21BrN4. The molecule has 1 saturated heterocycles. The summed E-state index contributed by atoms with van der Waals surface area (Å²) in [6.45, 7) is 6.71. The molecule has 100 valence electrons. The average Bonchev–Trinajstić information content (AvgIpc) is 2.42. The lowest BCUT2D eigenvalue weighted by Gasteiger charge is -2.41. The van der Waals surface area contributed by atoms with Crippen molar-refractivity contribution in [3.05, 3.63) is 10.8 Å². The van der Waals surface area contributed by atoms with Gasteiger partial charge >= 0.3 is 0 Å². The minimum Gasteiger partial charge on any atom is -0.383 e. The third kappa shape index (κ3) is 2.46. The van der Waals surface area contributed by atoms with Crippen molar-refractivity contribution in [1.82, 2.24) is 9.97 Å². The third-order valence-electron chi connectivity index (χ3n) is 4.42. The molecule has 2 heterocycles. The Labute approximate surface area is 117 Å². The topological polar surface area (TPSA) is 55.0 Å². The minimum absolute atomic E-state index is 0.516. The zero-order chi connectivity index (χ0) is 13.2. The number of hydrogen-bond donors (Lipinski definition) is 1. The maximum atomic E-state index is 5.81. The lowest BCUT2D eigenvalue weighted by atomic mass is 9.74. The highest BCUT2D eigenvalue weighted by molar-refractivity contribution is 9.10. The summed E-state index contributed by atoms with van der Waals surface area (Å²) in [5, 5.41) is 0. The van der Waals surface area contributed by atoms with Crippen LogP contribution in [0.5, 0.6) is 0 Å². The SMILES string of the molecule is CCC1(CC)CCN(c2ncnc(N)c2Br)CC1. The zero-order valence-corrected chi connectivity index (χ0v) is 12.7. The molecule has 0 aromatic carbocycles. The van der Waals surface area contributed by atoms with Gasteiger partial charge in [-0.25, -0.2) is 9.97 Å². The number of nitrogen functional groups attached to an aromatic ring is 1. The minimum atomic E-state index is 0.516. The number of nitrogens with two attached hydrogens (primary N) is 1. The largest absolute Gasteiger partial charge is 0.383 e. The third-order valence-corrected chi connectivity index (χ3v) is 5.18. The molecule has 1 aliphatic rings. The second-order valence-corrected chi connectivity index (χ2v) is 5.88. The van der Waals surface area contributed by atoms with Crippen LogP contribution in [0.1, 0.15) is 39.5 Å². The number of hydrogen-bond acceptors (Lipinski definition) is 4. The molecule has 18 heavy (non-hydrogen) atoms. The van der Waals surface area contributed by atoms with Gasteiger partial charge in [0.05, 0.1) is 0 Å². The number of aromatic nitrogens is 2. The maximum absolute atomic E-state index is 5.81. The summed E-state index contributed by atoms with van der Waals surface area (Å²) in [5.41, 5.74) is 6.34. The molecule has 0 aliphatic carbocycles. The molecule has 0 amide bonds. The number of anilines is 2. The second kappa shape index (κ2) is 5.43. The van der Waals surface area contributed by atoms with E-state index in [1.54, 1.807) is 0 Å². The first-order valence-corrected chi connectivity index (χ1v) is 7.42. The Morgan fingerprint density at radius 2 is 1.89 bits per heavy atom. The van der Waals surface area contributed by atoms with Gasteiger partial charge in [0.15, 0.2) is 0 Å². The van der Waals surface area contributed by atoms with Crippen molar-refractivity contribution >= 4 is 27.6 Å². The van der Waals surface area contributed by atoms with Crippen molar-refractivity contribution < 1.29 is 0 Å². The van der Waals surface area contributed by atoms with Gasteiger partial charge in [-0.1, -0.05) is 26.7 Å². The van der Waals surface area contributed by atoms with Crippen LogP contribution in [0.4, 0.5) is 11.6 Å². The normalized spacial score (nSPS) is 18.9. The van der Waals surface area contributed by atoms with Crippen LogP contribution in [0.15, 0.2) is 10.8 Å². The standard InChI is InChI=1S/C13H21BrN4/c1-3-13(4-2)5-7-18(8-6-13)12-10(14)11(15)16-9-17-12/h9H,3-8H2,1-2H3,(H2,15,16,17). The van der Waals surface area contributed by atoms with Gasteiger partial charge < -0.3 is 10.6 Å². The fraction of sp³-hybridized carbons (Fsp3) is 0.692. The van der Waals surface area contributed by atoms with Crippen LogP contribution in [0.2, 0.25) is 0 Å². The molecular weight excluding hydrogens is 292 g/mol. The Balaban J connectivity index is 2.12. The molecule has 2 N–H and O–H groups in total. The Morgan fingerprint density at radius 3 is 2.44 bits per heavy atom. The van der Waals surface area contributed by atoms with Crippen molar-refractivity contribution in [2.45, 2.75) is 39.5 Å². The maximum Gasteiger partial charge on any atom is 0.148 e. The molecule has 0 bridgehead atoms. The number of nitrogens with zero attached hydrogens (tertiary/aromatic N) is 3.